The highest BCUT2D eigenvalue weighted by molar-refractivity contribution is 7.85. The van der Waals surface area contributed by atoms with E-state index in [-0.39, 0.29) is 11.5 Å². The normalized spacial score (nSPS) is 10.3. The first-order chi connectivity index (χ1) is 11.6. The van der Waals surface area contributed by atoms with Crippen LogP contribution in [0.1, 0.15) is 27.9 Å². The summed E-state index contributed by atoms with van der Waals surface area (Å²) in [6.45, 7) is 6.93. The number of aromatic nitrogens is 1. The molecule has 7 heteroatoms. The van der Waals surface area contributed by atoms with Crippen LogP contribution in [0.2, 0.25) is 0 Å². The summed E-state index contributed by atoms with van der Waals surface area (Å²) in [6, 6.07) is 7.12. The van der Waals surface area contributed by atoms with Crippen LogP contribution in [0.15, 0.2) is 35.4 Å². The van der Waals surface area contributed by atoms with Crippen LogP contribution >= 0.6 is 0 Å². The van der Waals surface area contributed by atoms with Crippen molar-refractivity contribution in [1.82, 2.24) is 0 Å². The fraction of sp³-hybridized carbons (Fsp3) is 0.278. The molecule has 0 aliphatic carbocycles. The van der Waals surface area contributed by atoms with Crippen LogP contribution in [0, 0.1) is 39.5 Å². The van der Waals surface area contributed by atoms with Gasteiger partial charge in [-0.15, -0.1) is 0 Å². The molecule has 2 rings (SSSR count). The van der Waals surface area contributed by atoms with Crippen molar-refractivity contribution in [2.75, 3.05) is 12.4 Å². The molecule has 25 heavy (non-hydrogen) atoms. The van der Waals surface area contributed by atoms with Crippen molar-refractivity contribution in [1.29, 1.82) is 0 Å². The Morgan fingerprint density at radius 3 is 2.12 bits per heavy atom. The summed E-state index contributed by atoms with van der Waals surface area (Å²) < 4.78 is 33.9. The zero-order chi connectivity index (χ0) is 19.2. The number of nitrogen functional groups attached to an aromatic ring is 1. The Balaban J connectivity index is 0.000000251. The van der Waals surface area contributed by atoms with E-state index in [0.29, 0.717) is 16.8 Å². The van der Waals surface area contributed by atoms with Crippen molar-refractivity contribution in [3.8, 4) is 11.8 Å². The van der Waals surface area contributed by atoms with Gasteiger partial charge in [0.15, 0.2) is 0 Å². The molecule has 0 aliphatic rings. The van der Waals surface area contributed by atoms with E-state index in [0.717, 1.165) is 11.1 Å². The fourth-order valence-electron chi connectivity index (χ4n) is 2.43. The smallest absolute Gasteiger partial charge is 0.285 e. The number of nitrogens with zero attached hydrogens (tertiary/aromatic N) is 1. The monoisotopic (exact) mass is 362 g/mol. The largest absolute Gasteiger partial charge is 0.744 e. The number of aliphatic hydroxyl groups excluding tert-OH is 1. The van der Waals surface area contributed by atoms with Crippen LogP contribution in [-0.4, -0.2) is 24.7 Å². The summed E-state index contributed by atoms with van der Waals surface area (Å²) in [7, 11) is -4.33. The van der Waals surface area contributed by atoms with Crippen LogP contribution < -0.4 is 10.5 Å². The molecular formula is C18H22N2O4S. The highest BCUT2D eigenvalue weighted by Crippen LogP contribution is 2.20. The van der Waals surface area contributed by atoms with Gasteiger partial charge in [-0.05, 0) is 44.9 Å². The number of hydrogen-bond acceptors (Lipinski definition) is 5. The van der Waals surface area contributed by atoms with Crippen molar-refractivity contribution < 1.29 is 22.8 Å². The number of benzene rings is 1. The Hall–Kier alpha value is -2.40. The van der Waals surface area contributed by atoms with Gasteiger partial charge in [0.1, 0.15) is 16.7 Å². The van der Waals surface area contributed by atoms with Gasteiger partial charge in [0.05, 0.1) is 4.90 Å². The molecule has 1 aromatic carbocycles. The predicted molar refractivity (Wildman–Crippen MR) is 94.1 cm³/mol. The van der Waals surface area contributed by atoms with E-state index in [9.17, 15) is 13.0 Å². The molecule has 1 heterocycles. The quantitative estimate of drug-likeness (QED) is 0.339. The summed E-state index contributed by atoms with van der Waals surface area (Å²) in [5, 5.41) is 8.45. The van der Waals surface area contributed by atoms with Crippen LogP contribution in [0.25, 0.3) is 0 Å². The number of nitrogens with two attached hydrogens (primary N) is 1. The van der Waals surface area contributed by atoms with Crippen molar-refractivity contribution in [3.63, 3.8) is 0 Å². The summed E-state index contributed by atoms with van der Waals surface area (Å²) in [5.41, 5.74) is 3.77. The zero-order valence-electron chi connectivity index (χ0n) is 14.7. The maximum Gasteiger partial charge on any atom is 0.285 e. The molecule has 134 valence electrons. The standard InChI is InChI=1S/C9H11N2O.C9H12O3S/c1-8-4-5-9(3-2-6-12)11(10)7-8;1-6-4-7(2)9(8(3)5-6)13(10,11)12/h4-5,7,12H,6,10H2,1H3;4-5H,1-3H3,(H,10,11,12)/q+1;/p-1. The van der Waals surface area contributed by atoms with E-state index in [1.165, 1.54) is 4.68 Å². The van der Waals surface area contributed by atoms with E-state index >= 15 is 0 Å². The molecule has 0 radical (unpaired) electrons. The van der Waals surface area contributed by atoms with E-state index in [1.807, 2.05) is 26.0 Å². The summed E-state index contributed by atoms with van der Waals surface area (Å²) in [6.07, 6.45) is 1.78. The predicted octanol–water partition coefficient (Wildman–Crippen LogP) is 0.856. The lowest BCUT2D eigenvalue weighted by molar-refractivity contribution is -0.641. The molecule has 6 nitrogen and oxygen atoms in total. The molecular weight excluding hydrogens is 340 g/mol. The van der Waals surface area contributed by atoms with Gasteiger partial charge >= 0.3 is 0 Å². The number of pyridine rings is 1. The molecule has 0 saturated heterocycles. The van der Waals surface area contributed by atoms with Gasteiger partial charge in [0, 0.05) is 17.6 Å². The van der Waals surface area contributed by atoms with E-state index in [4.69, 9.17) is 10.9 Å². The Morgan fingerprint density at radius 2 is 1.68 bits per heavy atom. The maximum absolute atomic E-state index is 10.8. The van der Waals surface area contributed by atoms with E-state index < -0.39 is 10.1 Å². The molecule has 0 saturated carbocycles. The van der Waals surface area contributed by atoms with Crippen molar-refractivity contribution in [2.45, 2.75) is 32.6 Å². The highest BCUT2D eigenvalue weighted by atomic mass is 32.2. The molecule has 0 fully saturated rings. The second-order valence-corrected chi connectivity index (χ2v) is 6.96. The molecule has 0 unspecified atom stereocenters. The lowest BCUT2D eigenvalue weighted by Crippen LogP contribution is -2.47. The zero-order valence-corrected chi connectivity index (χ0v) is 15.5. The molecule has 0 bridgehead atoms. The Kier molecular flexibility index (Phi) is 7.12. The van der Waals surface area contributed by atoms with E-state index in [2.05, 4.69) is 11.8 Å². The summed E-state index contributed by atoms with van der Waals surface area (Å²) >= 11 is 0. The van der Waals surface area contributed by atoms with Crippen molar-refractivity contribution in [2.24, 2.45) is 0 Å². The third kappa shape index (κ3) is 6.19. The minimum Gasteiger partial charge on any atom is -0.744 e. The van der Waals surface area contributed by atoms with Crippen molar-refractivity contribution >= 4 is 10.1 Å². The highest BCUT2D eigenvalue weighted by Gasteiger charge is 2.09. The van der Waals surface area contributed by atoms with E-state index in [1.54, 1.807) is 32.2 Å². The Morgan fingerprint density at radius 1 is 1.12 bits per heavy atom. The molecule has 2 aromatic rings. The topological polar surface area (TPSA) is 107 Å². The van der Waals surface area contributed by atoms with Crippen LogP contribution in [0.5, 0.6) is 0 Å². The van der Waals surface area contributed by atoms with Gasteiger partial charge in [-0.25, -0.2) is 14.3 Å². The Bertz CT molecular complexity index is 903. The number of rotatable bonds is 1. The van der Waals surface area contributed by atoms with Gasteiger partial charge in [-0.3, -0.25) is 0 Å². The molecule has 0 amide bonds. The van der Waals surface area contributed by atoms with Gasteiger partial charge in [-0.2, -0.15) is 0 Å². The Labute approximate surface area is 148 Å². The molecule has 3 N–H and O–H groups in total. The fourth-order valence-corrected chi connectivity index (χ4v) is 3.33. The molecule has 0 aliphatic heterocycles. The summed E-state index contributed by atoms with van der Waals surface area (Å²) in [5.74, 6) is 10.9. The van der Waals surface area contributed by atoms with Gasteiger partial charge in [0.2, 0.25) is 6.20 Å². The van der Waals surface area contributed by atoms with Crippen LogP contribution in [0.3, 0.4) is 0 Å². The molecule has 0 atom stereocenters. The maximum atomic E-state index is 10.8. The van der Waals surface area contributed by atoms with Gasteiger partial charge in [-0.1, -0.05) is 28.3 Å². The molecule has 1 aromatic heterocycles. The lowest BCUT2D eigenvalue weighted by Gasteiger charge is -2.14. The number of aliphatic hydroxyl groups is 1. The van der Waals surface area contributed by atoms with Gasteiger partial charge in [0.25, 0.3) is 5.69 Å². The van der Waals surface area contributed by atoms with Gasteiger partial charge < -0.3 is 9.66 Å². The average molecular weight is 362 g/mol. The summed E-state index contributed by atoms with van der Waals surface area (Å²) in [4.78, 5) is -0.0851. The first kappa shape index (κ1) is 20.6. The second kappa shape index (κ2) is 8.62. The van der Waals surface area contributed by atoms with Crippen LogP contribution in [0.4, 0.5) is 0 Å². The molecule has 0 spiro atoms. The number of aryl methyl sites for hydroxylation is 4. The lowest BCUT2D eigenvalue weighted by atomic mass is 10.1. The first-order valence-electron chi connectivity index (χ1n) is 7.47. The second-order valence-electron chi connectivity index (χ2n) is 5.64. The number of hydrogen-bond donors (Lipinski definition) is 2. The van der Waals surface area contributed by atoms with Crippen LogP contribution in [-0.2, 0) is 10.1 Å². The third-order valence-corrected chi connectivity index (χ3v) is 4.42. The minimum absolute atomic E-state index is 0.0851. The van der Waals surface area contributed by atoms with Crippen molar-refractivity contribution in [3.05, 3.63) is 58.4 Å². The third-order valence-electron chi connectivity index (χ3n) is 3.28. The average Bonchev–Trinajstić information content (AvgIpc) is 2.44. The SMILES string of the molecule is Cc1cc(C)c(S(=O)(=O)[O-])c(C)c1.Cc1ccc(C#CCO)[n+](N)c1. The first-order valence-corrected chi connectivity index (χ1v) is 8.88. The minimum atomic E-state index is -4.33.